The number of amides is 1. The first-order valence-electron chi connectivity index (χ1n) is 21.0. The molecule has 3 atom stereocenters. The largest absolute Gasteiger partial charge is 0.451 e. The topological polar surface area (TPSA) is 168 Å². The minimum absolute atomic E-state index is 0. The Morgan fingerprint density at radius 1 is 0.587 bits per heavy atom. The zero-order valence-corrected chi connectivity index (χ0v) is 35.7. The Labute approximate surface area is 372 Å². The maximum Gasteiger partial charge on any atom is 0.410 e. The fourth-order valence-electron chi connectivity index (χ4n) is 7.97. The van der Waals surface area contributed by atoms with E-state index in [9.17, 15) is 34.6 Å². The second-order valence-electron chi connectivity index (χ2n) is 17.3. The van der Waals surface area contributed by atoms with Crippen molar-refractivity contribution in [3.8, 4) is 0 Å². The molecule has 1 heterocycles. The SMILES string of the molecule is C.C.CC(C)(C)OC(=O)N1CCC[C@H]1CCC(C)(OC(=O)c1ccc([N+](=O)[O-])cc1)c1ccccc1.CC(CCC1CCCC1)(OC(=O)c1ccc([N+](=O)[O-])cc1)c1ccccc1. The van der Waals surface area contributed by atoms with Gasteiger partial charge in [-0.3, -0.25) is 20.2 Å². The lowest BCUT2D eigenvalue weighted by Gasteiger charge is -2.33. The summed E-state index contributed by atoms with van der Waals surface area (Å²) >= 11 is 0. The first-order chi connectivity index (χ1) is 29.0. The third kappa shape index (κ3) is 14.5. The fraction of sp³-hybridized carbons (Fsp3) is 0.460. The van der Waals surface area contributed by atoms with E-state index in [0.29, 0.717) is 30.9 Å². The highest BCUT2D eigenvalue weighted by atomic mass is 16.6. The van der Waals surface area contributed by atoms with E-state index in [-0.39, 0.29) is 43.9 Å². The molecular formula is C50H65N3O10. The van der Waals surface area contributed by atoms with Crippen molar-refractivity contribution in [2.75, 3.05) is 6.54 Å². The molecule has 0 spiro atoms. The molecule has 13 nitrogen and oxygen atoms in total. The second kappa shape index (κ2) is 22.8. The van der Waals surface area contributed by atoms with Gasteiger partial charge in [0.2, 0.25) is 0 Å². The normalized spacial score (nSPS) is 16.7. The molecule has 0 aromatic heterocycles. The molecule has 6 rings (SSSR count). The monoisotopic (exact) mass is 867 g/mol. The number of carbonyl (C=O) groups is 3. The average molecular weight is 868 g/mol. The number of non-ortho nitro benzene ring substituents is 2. The summed E-state index contributed by atoms with van der Waals surface area (Å²) < 4.78 is 17.5. The first-order valence-corrected chi connectivity index (χ1v) is 21.0. The molecule has 4 aromatic carbocycles. The van der Waals surface area contributed by atoms with Crippen LogP contribution in [0, 0.1) is 26.1 Å². The van der Waals surface area contributed by atoms with E-state index < -0.39 is 38.6 Å². The van der Waals surface area contributed by atoms with Gasteiger partial charge in [0, 0.05) is 36.9 Å². The van der Waals surface area contributed by atoms with E-state index in [4.69, 9.17) is 14.2 Å². The molecule has 0 radical (unpaired) electrons. The van der Waals surface area contributed by atoms with E-state index in [1.54, 1.807) is 4.90 Å². The number of nitro groups is 2. The van der Waals surface area contributed by atoms with Gasteiger partial charge in [-0.15, -0.1) is 0 Å². The van der Waals surface area contributed by atoms with Crippen molar-refractivity contribution >= 4 is 29.4 Å². The van der Waals surface area contributed by atoms with E-state index >= 15 is 0 Å². The van der Waals surface area contributed by atoms with Gasteiger partial charge in [-0.05, 0) is 114 Å². The van der Waals surface area contributed by atoms with Crippen LogP contribution < -0.4 is 0 Å². The number of benzene rings is 4. The highest BCUT2D eigenvalue weighted by molar-refractivity contribution is 5.90. The zero-order valence-electron chi connectivity index (χ0n) is 35.7. The highest BCUT2D eigenvalue weighted by Gasteiger charge is 2.37. The minimum atomic E-state index is -0.942. The Morgan fingerprint density at radius 2 is 1.00 bits per heavy atom. The van der Waals surface area contributed by atoms with Gasteiger partial charge in [0.25, 0.3) is 11.4 Å². The Morgan fingerprint density at radius 3 is 1.40 bits per heavy atom. The summed E-state index contributed by atoms with van der Waals surface area (Å²) in [5.41, 5.74) is 0.0102. The van der Waals surface area contributed by atoms with Gasteiger partial charge in [-0.25, -0.2) is 14.4 Å². The van der Waals surface area contributed by atoms with Crippen LogP contribution in [-0.4, -0.2) is 51.0 Å². The standard InChI is InChI=1S/C26H32N2O6.C22H25NO4.2CH4/c1-25(2,3)34-24(30)27-18-8-11-21(27)16-17-26(4,20-9-6-5-7-10-20)33-23(29)19-12-14-22(15-13-19)28(31)32;1-22(19-9-3-2-4-10-19,16-15-17-7-5-6-8-17)27-21(24)18-11-13-20(14-12-18)23(25)26;;/h5-7,9-10,12-15,21H,8,11,16-18H2,1-4H3;2-4,9-14,17H,5-8,15-16H2,1H3;2*1H4/t21-,26?;;;/m0.../s1. The number of esters is 2. The van der Waals surface area contributed by atoms with Crippen molar-refractivity contribution in [1.29, 1.82) is 0 Å². The van der Waals surface area contributed by atoms with Crippen LogP contribution in [0.4, 0.5) is 16.2 Å². The average Bonchev–Trinajstić information content (AvgIpc) is 3.96. The minimum Gasteiger partial charge on any atom is -0.451 e. The summed E-state index contributed by atoms with van der Waals surface area (Å²) in [6.45, 7) is 10.0. The summed E-state index contributed by atoms with van der Waals surface area (Å²) in [6.07, 6.45) is 9.44. The smallest absolute Gasteiger partial charge is 0.410 e. The molecule has 2 fully saturated rings. The molecule has 0 N–H and O–H groups in total. The predicted octanol–water partition coefficient (Wildman–Crippen LogP) is 12.8. The van der Waals surface area contributed by atoms with Crippen LogP contribution in [0.25, 0.3) is 0 Å². The number of rotatable bonds is 14. The van der Waals surface area contributed by atoms with Gasteiger partial charge in [0.15, 0.2) is 0 Å². The molecule has 4 aromatic rings. The lowest BCUT2D eigenvalue weighted by molar-refractivity contribution is -0.385. The lowest BCUT2D eigenvalue weighted by Crippen LogP contribution is -2.41. The number of hydrogen-bond acceptors (Lipinski definition) is 10. The second-order valence-corrected chi connectivity index (χ2v) is 17.3. The van der Waals surface area contributed by atoms with Crippen molar-refractivity contribution in [2.45, 2.75) is 137 Å². The number of likely N-dealkylation sites (tertiary alicyclic amines) is 1. The molecule has 0 bridgehead atoms. The van der Waals surface area contributed by atoms with Gasteiger partial charge in [-0.1, -0.05) is 101 Å². The number of hydrogen-bond donors (Lipinski definition) is 0. The van der Waals surface area contributed by atoms with E-state index in [2.05, 4.69) is 0 Å². The van der Waals surface area contributed by atoms with Crippen molar-refractivity contribution in [3.63, 3.8) is 0 Å². The molecule has 2 unspecified atom stereocenters. The van der Waals surface area contributed by atoms with E-state index in [1.807, 2.05) is 95.3 Å². The molecule has 13 heteroatoms. The van der Waals surface area contributed by atoms with Crippen molar-refractivity contribution in [1.82, 2.24) is 4.90 Å². The number of nitrogens with zero attached hydrogens (tertiary/aromatic N) is 3. The molecule has 1 saturated carbocycles. The van der Waals surface area contributed by atoms with Crippen molar-refractivity contribution in [2.24, 2.45) is 5.92 Å². The first kappa shape index (κ1) is 51.2. The van der Waals surface area contributed by atoms with Gasteiger partial charge >= 0.3 is 18.0 Å². The zero-order chi connectivity index (χ0) is 44.2. The van der Waals surface area contributed by atoms with E-state index in [1.165, 1.54) is 74.2 Å². The Hall–Kier alpha value is -6.11. The van der Waals surface area contributed by atoms with E-state index in [0.717, 1.165) is 36.8 Å². The third-order valence-electron chi connectivity index (χ3n) is 11.5. The summed E-state index contributed by atoms with van der Waals surface area (Å²) in [5, 5.41) is 21.7. The quantitative estimate of drug-likeness (QED) is 0.0514. The molecule has 63 heavy (non-hydrogen) atoms. The van der Waals surface area contributed by atoms with Gasteiger partial charge in [0.1, 0.15) is 16.8 Å². The molecule has 1 amide bonds. The Kier molecular flexibility index (Phi) is 18.6. The van der Waals surface area contributed by atoms with Gasteiger partial charge in [-0.2, -0.15) is 0 Å². The molecule has 1 saturated heterocycles. The summed E-state index contributed by atoms with van der Waals surface area (Å²) in [7, 11) is 0. The molecule has 1 aliphatic heterocycles. The van der Waals surface area contributed by atoms with Crippen LogP contribution in [0.2, 0.25) is 0 Å². The summed E-state index contributed by atoms with van der Waals surface area (Å²) in [6, 6.07) is 30.2. The Balaban J connectivity index is 0.000000333. The predicted molar refractivity (Wildman–Crippen MR) is 244 cm³/mol. The number of ether oxygens (including phenoxy) is 3. The maximum absolute atomic E-state index is 13.0. The van der Waals surface area contributed by atoms with Crippen LogP contribution >= 0.6 is 0 Å². The lowest BCUT2D eigenvalue weighted by atomic mass is 9.87. The maximum atomic E-state index is 13.0. The van der Waals surface area contributed by atoms with Gasteiger partial charge in [0.05, 0.1) is 21.0 Å². The van der Waals surface area contributed by atoms with Crippen LogP contribution in [0.15, 0.2) is 109 Å². The molecule has 340 valence electrons. The van der Waals surface area contributed by atoms with Crippen LogP contribution in [-0.2, 0) is 25.4 Å². The van der Waals surface area contributed by atoms with Crippen molar-refractivity contribution < 1.29 is 38.4 Å². The van der Waals surface area contributed by atoms with Crippen molar-refractivity contribution in [3.05, 3.63) is 152 Å². The van der Waals surface area contributed by atoms with Crippen LogP contribution in [0.5, 0.6) is 0 Å². The number of carbonyl (C=O) groups excluding carboxylic acids is 3. The summed E-state index contributed by atoms with van der Waals surface area (Å²) in [4.78, 5) is 60.8. The molecule has 1 aliphatic carbocycles. The third-order valence-corrected chi connectivity index (χ3v) is 11.5. The highest BCUT2D eigenvalue weighted by Crippen LogP contribution is 2.38. The fourth-order valence-corrected chi connectivity index (χ4v) is 7.97. The molecular weight excluding hydrogens is 803 g/mol. The van der Waals surface area contributed by atoms with Crippen LogP contribution in [0.1, 0.15) is 146 Å². The summed E-state index contributed by atoms with van der Waals surface area (Å²) in [5.74, 6) is -0.314. The van der Waals surface area contributed by atoms with Crippen LogP contribution in [0.3, 0.4) is 0 Å². The number of nitro benzene ring substituents is 2. The molecule has 2 aliphatic rings. The Bertz CT molecular complexity index is 2100. The van der Waals surface area contributed by atoms with Gasteiger partial charge < -0.3 is 19.1 Å².